The fourth-order valence-corrected chi connectivity index (χ4v) is 2.85. The van der Waals surface area contributed by atoms with E-state index in [1.807, 2.05) is 0 Å². The topological polar surface area (TPSA) is 135 Å². The van der Waals surface area contributed by atoms with E-state index in [-0.39, 0.29) is 23.8 Å². The number of carbonyl (C=O) groups is 2. The van der Waals surface area contributed by atoms with Crippen LogP contribution in [0.2, 0.25) is 0 Å². The molecule has 3 rings (SSSR count). The number of nitrogens with one attached hydrogen (secondary N) is 2. The lowest BCUT2D eigenvalue weighted by atomic mass is 9.94. The molecule has 0 bridgehead atoms. The Balaban J connectivity index is 1.65. The minimum absolute atomic E-state index is 0.0500. The molecule has 1 aliphatic carbocycles. The van der Waals surface area contributed by atoms with Crippen LogP contribution >= 0.6 is 0 Å². The molecule has 1 saturated carbocycles. The van der Waals surface area contributed by atoms with E-state index in [2.05, 4.69) is 10.6 Å². The van der Waals surface area contributed by atoms with Crippen LogP contribution in [0, 0.1) is 23.0 Å². The summed E-state index contributed by atoms with van der Waals surface area (Å²) >= 11 is 0. The maximum absolute atomic E-state index is 12.1. The summed E-state index contributed by atoms with van der Waals surface area (Å²) in [5.41, 5.74) is -0.821. The van der Waals surface area contributed by atoms with Gasteiger partial charge in [0.25, 0.3) is 5.69 Å². The zero-order valence-electron chi connectivity index (χ0n) is 14.6. The van der Waals surface area contributed by atoms with Crippen LogP contribution in [-0.4, -0.2) is 28.4 Å². The molecular weight excluding hydrogens is 354 g/mol. The molecule has 1 aromatic carbocycles. The number of hydrogen-bond donors (Lipinski definition) is 3. The van der Waals surface area contributed by atoms with Crippen LogP contribution in [0.4, 0.5) is 11.4 Å². The molecule has 0 saturated heterocycles. The number of aryl methyl sites for hydroxylation is 1. The van der Waals surface area contributed by atoms with Crippen molar-refractivity contribution in [1.82, 2.24) is 5.32 Å². The number of nitro benzene ring substituents is 1. The predicted molar refractivity (Wildman–Crippen MR) is 94.8 cm³/mol. The number of benzene rings is 1. The number of hydrogen-bond acceptors (Lipinski definition) is 6. The van der Waals surface area contributed by atoms with Gasteiger partial charge in [0, 0.05) is 12.1 Å². The van der Waals surface area contributed by atoms with Crippen molar-refractivity contribution >= 4 is 23.2 Å². The standard InChI is InChI=1S/C18H19N3O6/c1-11-4-7-13(21(25)26)9-14(11)20-17(23)16(22)19-10-18(24,12-5-6-12)15-3-2-8-27-15/h2-4,7-9,12,24H,5-6,10H2,1H3,(H,19,22)(H,20,23)/t18-/m0/s1. The van der Waals surface area contributed by atoms with Crippen molar-refractivity contribution in [3.05, 3.63) is 58.0 Å². The van der Waals surface area contributed by atoms with E-state index in [9.17, 15) is 24.8 Å². The molecule has 9 nitrogen and oxygen atoms in total. The van der Waals surface area contributed by atoms with E-state index in [1.54, 1.807) is 19.1 Å². The molecule has 142 valence electrons. The van der Waals surface area contributed by atoms with Gasteiger partial charge < -0.3 is 20.2 Å². The average Bonchev–Trinajstić information content (AvgIpc) is 3.35. The van der Waals surface area contributed by atoms with Crippen LogP contribution in [-0.2, 0) is 15.2 Å². The monoisotopic (exact) mass is 373 g/mol. The molecule has 0 radical (unpaired) electrons. The van der Waals surface area contributed by atoms with Gasteiger partial charge in [-0.25, -0.2) is 0 Å². The van der Waals surface area contributed by atoms with Gasteiger partial charge in [-0.05, 0) is 43.4 Å². The van der Waals surface area contributed by atoms with E-state index in [0.717, 1.165) is 12.8 Å². The van der Waals surface area contributed by atoms with Gasteiger partial charge in [0.2, 0.25) is 0 Å². The molecule has 1 fully saturated rings. The SMILES string of the molecule is Cc1ccc([N+](=O)[O-])cc1NC(=O)C(=O)NC[C@@](O)(c1ccco1)C1CC1. The number of furan rings is 1. The maximum Gasteiger partial charge on any atom is 0.313 e. The largest absolute Gasteiger partial charge is 0.466 e. The highest BCUT2D eigenvalue weighted by Gasteiger charge is 2.47. The first-order chi connectivity index (χ1) is 12.8. The normalized spacial score (nSPS) is 15.6. The third kappa shape index (κ3) is 3.98. The van der Waals surface area contributed by atoms with E-state index in [0.29, 0.717) is 11.3 Å². The fraction of sp³-hybridized carbons (Fsp3) is 0.333. The minimum Gasteiger partial charge on any atom is -0.466 e. The molecule has 0 unspecified atom stereocenters. The molecule has 1 atom stereocenters. The molecule has 2 amide bonds. The first-order valence-corrected chi connectivity index (χ1v) is 8.42. The number of amides is 2. The summed E-state index contributed by atoms with van der Waals surface area (Å²) in [6.45, 7) is 1.48. The molecule has 2 aromatic rings. The molecule has 27 heavy (non-hydrogen) atoms. The van der Waals surface area contributed by atoms with Gasteiger partial charge in [-0.3, -0.25) is 19.7 Å². The fourth-order valence-electron chi connectivity index (χ4n) is 2.85. The third-order valence-electron chi connectivity index (χ3n) is 4.61. The van der Waals surface area contributed by atoms with Gasteiger partial charge in [0.1, 0.15) is 11.4 Å². The van der Waals surface area contributed by atoms with Crippen LogP contribution in [0.25, 0.3) is 0 Å². The lowest BCUT2D eigenvalue weighted by molar-refractivity contribution is -0.384. The van der Waals surface area contributed by atoms with E-state index >= 15 is 0 Å². The number of non-ortho nitro benzene ring substituents is 1. The van der Waals surface area contributed by atoms with Crippen molar-refractivity contribution in [2.75, 3.05) is 11.9 Å². The van der Waals surface area contributed by atoms with Crippen molar-refractivity contribution in [2.45, 2.75) is 25.4 Å². The number of rotatable bonds is 6. The number of carbonyl (C=O) groups excluding carboxylic acids is 2. The predicted octanol–water partition coefficient (Wildman–Crippen LogP) is 1.85. The Morgan fingerprint density at radius 3 is 2.67 bits per heavy atom. The van der Waals surface area contributed by atoms with Crippen molar-refractivity contribution in [1.29, 1.82) is 0 Å². The Labute approximate surface area is 154 Å². The highest BCUT2D eigenvalue weighted by atomic mass is 16.6. The quantitative estimate of drug-likeness (QED) is 0.402. The lowest BCUT2D eigenvalue weighted by Gasteiger charge is -2.26. The second-order valence-corrected chi connectivity index (χ2v) is 6.57. The van der Waals surface area contributed by atoms with Crippen LogP contribution in [0.15, 0.2) is 41.0 Å². The molecule has 3 N–H and O–H groups in total. The van der Waals surface area contributed by atoms with Crippen molar-refractivity contribution in [2.24, 2.45) is 5.92 Å². The molecule has 0 aliphatic heterocycles. The van der Waals surface area contributed by atoms with E-state index in [4.69, 9.17) is 4.42 Å². The third-order valence-corrected chi connectivity index (χ3v) is 4.61. The summed E-state index contributed by atoms with van der Waals surface area (Å²) < 4.78 is 5.27. The van der Waals surface area contributed by atoms with Crippen LogP contribution < -0.4 is 10.6 Å². The zero-order chi connectivity index (χ0) is 19.6. The zero-order valence-corrected chi connectivity index (χ0v) is 14.6. The van der Waals surface area contributed by atoms with Gasteiger partial charge >= 0.3 is 11.8 Å². The molecule has 1 aliphatic rings. The second kappa shape index (κ2) is 7.20. The Kier molecular flexibility index (Phi) is 4.95. The number of nitrogens with zero attached hydrogens (tertiary/aromatic N) is 1. The summed E-state index contributed by atoms with van der Waals surface area (Å²) in [7, 11) is 0. The van der Waals surface area contributed by atoms with Crippen LogP contribution in [0.3, 0.4) is 0 Å². The van der Waals surface area contributed by atoms with Gasteiger partial charge in [-0.15, -0.1) is 0 Å². The Morgan fingerprint density at radius 1 is 1.33 bits per heavy atom. The molecule has 1 heterocycles. The Bertz CT molecular complexity index is 875. The summed E-state index contributed by atoms with van der Waals surface area (Å²) in [6, 6.07) is 7.24. The average molecular weight is 373 g/mol. The molecular formula is C18H19N3O6. The van der Waals surface area contributed by atoms with Gasteiger partial charge in [-0.2, -0.15) is 0 Å². The summed E-state index contributed by atoms with van der Waals surface area (Å²) in [4.78, 5) is 34.5. The van der Waals surface area contributed by atoms with E-state index < -0.39 is 22.3 Å². The second-order valence-electron chi connectivity index (χ2n) is 6.57. The molecule has 1 aromatic heterocycles. The van der Waals surface area contributed by atoms with Crippen LogP contribution in [0.5, 0.6) is 0 Å². The van der Waals surface area contributed by atoms with Gasteiger partial charge in [0.05, 0.1) is 23.4 Å². The van der Waals surface area contributed by atoms with Gasteiger partial charge in [-0.1, -0.05) is 6.07 Å². The molecule has 0 spiro atoms. The number of anilines is 1. The Morgan fingerprint density at radius 2 is 2.07 bits per heavy atom. The number of nitro groups is 1. The van der Waals surface area contributed by atoms with E-state index in [1.165, 1.54) is 24.5 Å². The Hall–Kier alpha value is -3.20. The summed E-state index contributed by atoms with van der Waals surface area (Å²) in [6.07, 6.45) is 3.03. The first kappa shape index (κ1) is 18.6. The highest BCUT2D eigenvalue weighted by molar-refractivity contribution is 6.39. The van der Waals surface area contributed by atoms with Crippen molar-refractivity contribution in [3.8, 4) is 0 Å². The van der Waals surface area contributed by atoms with Crippen molar-refractivity contribution < 1.29 is 24.0 Å². The maximum atomic E-state index is 12.1. The number of aliphatic hydroxyl groups is 1. The summed E-state index contributed by atoms with van der Waals surface area (Å²) in [5, 5.41) is 26.5. The smallest absolute Gasteiger partial charge is 0.313 e. The molecule has 9 heteroatoms. The minimum atomic E-state index is -1.37. The highest BCUT2D eigenvalue weighted by Crippen LogP contribution is 2.45. The lowest BCUT2D eigenvalue weighted by Crippen LogP contribution is -2.45. The van der Waals surface area contributed by atoms with Gasteiger partial charge in [0.15, 0.2) is 0 Å². The summed E-state index contributed by atoms with van der Waals surface area (Å²) in [5.74, 6) is -1.64. The van der Waals surface area contributed by atoms with Crippen LogP contribution in [0.1, 0.15) is 24.2 Å². The van der Waals surface area contributed by atoms with Crippen molar-refractivity contribution in [3.63, 3.8) is 0 Å². The first-order valence-electron chi connectivity index (χ1n) is 8.42.